The van der Waals surface area contributed by atoms with Gasteiger partial charge in [-0.25, -0.2) is 9.97 Å². The van der Waals surface area contributed by atoms with Crippen LogP contribution in [0.15, 0.2) is 24.5 Å². The maximum Gasteiger partial charge on any atom is 0.159 e. The molecule has 5 nitrogen and oxygen atoms in total. The largest absolute Gasteiger partial charge is 0.393 e. The molecule has 27 heavy (non-hydrogen) atoms. The van der Waals surface area contributed by atoms with Gasteiger partial charge in [0.1, 0.15) is 12.0 Å². The van der Waals surface area contributed by atoms with Crippen molar-refractivity contribution in [2.45, 2.75) is 59.9 Å². The maximum atomic E-state index is 6.56. The molecule has 5 heteroatoms. The number of nitrogens with zero attached hydrogens (tertiary/aromatic N) is 3. The van der Waals surface area contributed by atoms with Crippen LogP contribution in [0, 0.1) is 24.7 Å². The van der Waals surface area contributed by atoms with Crippen molar-refractivity contribution in [3.8, 4) is 0 Å². The molecule has 0 spiro atoms. The highest BCUT2D eigenvalue weighted by Crippen LogP contribution is 2.54. The van der Waals surface area contributed by atoms with E-state index in [0.29, 0.717) is 28.4 Å². The van der Waals surface area contributed by atoms with Crippen LogP contribution in [0.1, 0.15) is 51.2 Å². The van der Waals surface area contributed by atoms with E-state index in [4.69, 9.17) is 5.73 Å². The van der Waals surface area contributed by atoms with E-state index in [1.165, 1.54) is 30.4 Å². The van der Waals surface area contributed by atoms with E-state index in [2.05, 4.69) is 73.0 Å². The first-order chi connectivity index (χ1) is 12.7. The first kappa shape index (κ1) is 18.1. The van der Waals surface area contributed by atoms with E-state index in [9.17, 15) is 0 Å². The van der Waals surface area contributed by atoms with Crippen molar-refractivity contribution >= 4 is 23.0 Å². The molecule has 144 valence electrons. The molecule has 0 radical (unpaired) electrons. The summed E-state index contributed by atoms with van der Waals surface area (Å²) in [5.74, 6) is 1.57. The molecule has 2 bridgehead atoms. The second-order valence-electron chi connectivity index (χ2n) is 9.67. The zero-order valence-electron chi connectivity index (χ0n) is 17.1. The number of nitrogens with one attached hydrogen (secondary N) is 1. The molecule has 1 aliphatic carbocycles. The van der Waals surface area contributed by atoms with E-state index in [0.717, 1.165) is 18.1 Å². The molecule has 0 amide bonds. The van der Waals surface area contributed by atoms with E-state index < -0.39 is 0 Å². The lowest BCUT2D eigenvalue weighted by Gasteiger charge is -2.39. The Morgan fingerprint density at radius 2 is 1.93 bits per heavy atom. The van der Waals surface area contributed by atoms with Crippen LogP contribution < -0.4 is 16.0 Å². The van der Waals surface area contributed by atoms with Gasteiger partial charge in [-0.3, -0.25) is 0 Å². The van der Waals surface area contributed by atoms with Gasteiger partial charge in [-0.05, 0) is 61.1 Å². The molecule has 2 aromatic rings. The van der Waals surface area contributed by atoms with Gasteiger partial charge in [0.15, 0.2) is 11.6 Å². The molecule has 1 aromatic carbocycles. The van der Waals surface area contributed by atoms with Crippen LogP contribution in [0.4, 0.5) is 23.0 Å². The van der Waals surface area contributed by atoms with Crippen molar-refractivity contribution in [3.63, 3.8) is 0 Å². The number of benzene rings is 1. The Balaban J connectivity index is 1.66. The van der Waals surface area contributed by atoms with Gasteiger partial charge in [-0.1, -0.05) is 32.9 Å². The molecule has 1 aliphatic heterocycles. The van der Waals surface area contributed by atoms with E-state index in [1.54, 1.807) is 6.33 Å². The molecule has 2 heterocycles. The molecular weight excluding hydrogens is 334 g/mol. The molecular formula is C22H31N5. The fraction of sp³-hybridized carbons (Fsp3) is 0.545. The van der Waals surface area contributed by atoms with Crippen LogP contribution in [-0.2, 0) is 0 Å². The van der Waals surface area contributed by atoms with Crippen molar-refractivity contribution in [2.24, 2.45) is 10.8 Å². The van der Waals surface area contributed by atoms with Gasteiger partial charge >= 0.3 is 0 Å². The minimum Gasteiger partial charge on any atom is -0.393 e. The number of fused-ring (bicyclic) bond motifs is 2. The number of rotatable bonds is 3. The minimum absolute atomic E-state index is 0.338. The van der Waals surface area contributed by atoms with Gasteiger partial charge in [0.05, 0.1) is 0 Å². The third-order valence-corrected chi connectivity index (χ3v) is 6.41. The average molecular weight is 366 g/mol. The number of aromatic nitrogens is 2. The highest BCUT2D eigenvalue weighted by atomic mass is 15.3. The summed E-state index contributed by atoms with van der Waals surface area (Å²) < 4.78 is 0. The summed E-state index contributed by atoms with van der Waals surface area (Å²) in [7, 11) is 0. The number of hydrogen-bond acceptors (Lipinski definition) is 5. The lowest BCUT2D eigenvalue weighted by atomic mass is 9.65. The summed E-state index contributed by atoms with van der Waals surface area (Å²) in [6, 6.07) is 6.73. The van der Waals surface area contributed by atoms with E-state index in [-0.39, 0.29) is 0 Å². The second-order valence-corrected chi connectivity index (χ2v) is 9.67. The highest BCUT2D eigenvalue weighted by molar-refractivity contribution is 5.79. The number of nitrogens with two attached hydrogens (primary N) is 1. The smallest absolute Gasteiger partial charge is 0.159 e. The Bertz CT molecular complexity index is 875. The summed E-state index contributed by atoms with van der Waals surface area (Å²) in [6.45, 7) is 12.4. The molecule has 1 saturated heterocycles. The van der Waals surface area contributed by atoms with Crippen LogP contribution in [0.3, 0.4) is 0 Å². The summed E-state index contributed by atoms with van der Waals surface area (Å²) in [5, 5.41) is 3.43. The van der Waals surface area contributed by atoms with E-state index in [1.807, 2.05) is 0 Å². The van der Waals surface area contributed by atoms with Gasteiger partial charge in [0.25, 0.3) is 0 Å². The van der Waals surface area contributed by atoms with Gasteiger partial charge in [-0.15, -0.1) is 0 Å². The van der Waals surface area contributed by atoms with Gasteiger partial charge in [-0.2, -0.15) is 0 Å². The highest BCUT2D eigenvalue weighted by Gasteiger charge is 2.50. The molecule has 2 aliphatic rings. The average Bonchev–Trinajstić information content (AvgIpc) is 2.82. The Morgan fingerprint density at radius 3 is 2.70 bits per heavy atom. The summed E-state index contributed by atoms with van der Waals surface area (Å²) in [4.78, 5) is 11.5. The Hall–Kier alpha value is -2.30. The topological polar surface area (TPSA) is 67.1 Å². The number of aryl methyl sites for hydroxylation is 1. The zero-order valence-corrected chi connectivity index (χ0v) is 17.1. The molecule has 1 saturated carbocycles. The summed E-state index contributed by atoms with van der Waals surface area (Å²) >= 11 is 0. The zero-order chi connectivity index (χ0) is 19.4. The Morgan fingerprint density at radius 1 is 1.15 bits per heavy atom. The third kappa shape index (κ3) is 3.24. The lowest BCUT2D eigenvalue weighted by Crippen LogP contribution is -2.35. The fourth-order valence-corrected chi connectivity index (χ4v) is 5.44. The monoisotopic (exact) mass is 365 g/mol. The summed E-state index contributed by atoms with van der Waals surface area (Å²) in [6.07, 6.45) is 5.30. The van der Waals surface area contributed by atoms with Crippen LogP contribution in [-0.4, -0.2) is 22.6 Å². The predicted molar refractivity (Wildman–Crippen MR) is 113 cm³/mol. The minimum atomic E-state index is 0.338. The lowest BCUT2D eigenvalue weighted by molar-refractivity contribution is 0.136. The van der Waals surface area contributed by atoms with Crippen LogP contribution in [0.2, 0.25) is 0 Å². The normalized spacial score (nSPS) is 26.3. The van der Waals surface area contributed by atoms with Crippen LogP contribution in [0.5, 0.6) is 0 Å². The fourth-order valence-electron chi connectivity index (χ4n) is 5.44. The second kappa shape index (κ2) is 6.11. The molecule has 3 N–H and O–H groups in total. The van der Waals surface area contributed by atoms with Gasteiger partial charge < -0.3 is 16.0 Å². The van der Waals surface area contributed by atoms with Crippen LogP contribution >= 0.6 is 0 Å². The van der Waals surface area contributed by atoms with Crippen molar-refractivity contribution in [3.05, 3.63) is 35.7 Å². The maximum absolute atomic E-state index is 6.56. The molecule has 2 unspecified atom stereocenters. The summed E-state index contributed by atoms with van der Waals surface area (Å²) in [5.41, 5.74) is 11.4. The molecule has 4 rings (SSSR count). The standard InChI is InChI=1S/C22H31N5/c1-14-7-6-8-17(15(14)2)26-19-18(23)20(25-13-24-19)27-12-22(5)10-16(27)9-21(3,4)11-22/h6-8,13,16H,9-12,23H2,1-5H3,(H,24,25,26). The first-order valence-electron chi connectivity index (χ1n) is 9.88. The Labute approximate surface area is 162 Å². The first-order valence-corrected chi connectivity index (χ1v) is 9.88. The SMILES string of the molecule is Cc1cccc(Nc2ncnc(N3CC4(C)CC3CC(C)(C)C4)c2N)c1C. The third-order valence-electron chi connectivity index (χ3n) is 6.41. The molecule has 2 fully saturated rings. The Kier molecular flexibility index (Phi) is 4.09. The quantitative estimate of drug-likeness (QED) is 0.816. The van der Waals surface area contributed by atoms with Crippen LogP contribution in [0.25, 0.3) is 0 Å². The number of anilines is 4. The van der Waals surface area contributed by atoms with E-state index >= 15 is 0 Å². The van der Waals surface area contributed by atoms with Crippen molar-refractivity contribution in [1.29, 1.82) is 0 Å². The van der Waals surface area contributed by atoms with Crippen molar-refractivity contribution in [2.75, 3.05) is 22.5 Å². The number of hydrogen-bond donors (Lipinski definition) is 2. The molecule has 2 atom stereocenters. The molecule has 1 aromatic heterocycles. The predicted octanol–water partition coefficient (Wildman–Crippen LogP) is 4.82. The van der Waals surface area contributed by atoms with Gasteiger partial charge in [0.2, 0.25) is 0 Å². The van der Waals surface area contributed by atoms with Crippen molar-refractivity contribution < 1.29 is 0 Å². The number of nitrogen functional groups attached to an aromatic ring is 1. The van der Waals surface area contributed by atoms with Gasteiger partial charge in [0, 0.05) is 18.3 Å². The van der Waals surface area contributed by atoms with Crippen molar-refractivity contribution in [1.82, 2.24) is 9.97 Å².